The Kier molecular flexibility index (Phi) is 5.25. The van der Waals surface area contributed by atoms with E-state index in [0.717, 1.165) is 49.5 Å². The van der Waals surface area contributed by atoms with Crippen molar-refractivity contribution in [2.24, 2.45) is 0 Å². The van der Waals surface area contributed by atoms with E-state index in [1.165, 1.54) is 27.7 Å². The third kappa shape index (κ3) is 3.90. The number of urea groups is 1. The lowest BCUT2D eigenvalue weighted by molar-refractivity contribution is 0.126. The number of fused-ring (bicyclic) bond motifs is 3. The van der Waals surface area contributed by atoms with E-state index in [9.17, 15) is 23.1 Å². The lowest BCUT2D eigenvalue weighted by Gasteiger charge is -2.29. The van der Waals surface area contributed by atoms with E-state index in [1.54, 1.807) is 6.92 Å². The van der Waals surface area contributed by atoms with Crippen LogP contribution in [-0.2, 0) is 35.7 Å². The summed E-state index contributed by atoms with van der Waals surface area (Å²) in [5.41, 5.74) is 4.89. The van der Waals surface area contributed by atoms with E-state index in [2.05, 4.69) is 5.32 Å². The summed E-state index contributed by atoms with van der Waals surface area (Å²) in [4.78, 5) is 25.0. The molecule has 1 heterocycles. The third-order valence-corrected chi connectivity index (χ3v) is 7.45. The van der Waals surface area contributed by atoms with Crippen LogP contribution in [0.25, 0.3) is 0 Å². The molecule has 0 spiro atoms. The molecule has 3 N–H and O–H groups in total. The fourth-order valence-electron chi connectivity index (χ4n) is 5.04. The second kappa shape index (κ2) is 7.61. The number of aryl methyl sites for hydroxylation is 1. The predicted molar refractivity (Wildman–Crippen MR) is 113 cm³/mol. The molecule has 1 saturated heterocycles. The molecule has 30 heavy (non-hydrogen) atoms. The van der Waals surface area contributed by atoms with E-state index in [4.69, 9.17) is 0 Å². The van der Waals surface area contributed by atoms with Crippen molar-refractivity contribution in [3.8, 4) is 0 Å². The van der Waals surface area contributed by atoms with Gasteiger partial charge in [-0.25, -0.2) is 22.7 Å². The second-order valence-electron chi connectivity index (χ2n) is 8.52. The quantitative estimate of drug-likeness (QED) is 0.675. The SMILES string of the molecule is C[C@]1(/C=C/S(=O)(=O)NC(=O)Nc2cc3c(c4c2CCC4)CCC3)CCCN1C(=O)O. The topological polar surface area (TPSA) is 116 Å². The first-order valence-corrected chi connectivity index (χ1v) is 11.9. The molecule has 0 bridgehead atoms. The van der Waals surface area contributed by atoms with Crippen molar-refractivity contribution >= 4 is 27.8 Å². The minimum atomic E-state index is -4.06. The van der Waals surface area contributed by atoms with Crippen LogP contribution < -0.4 is 10.0 Å². The first kappa shape index (κ1) is 20.7. The highest BCUT2D eigenvalue weighted by Crippen LogP contribution is 2.38. The van der Waals surface area contributed by atoms with Gasteiger partial charge >= 0.3 is 12.1 Å². The lowest BCUT2D eigenvalue weighted by atomic mass is 9.98. The summed E-state index contributed by atoms with van der Waals surface area (Å²) in [5.74, 6) is 0. The zero-order valence-electron chi connectivity index (χ0n) is 17.0. The summed E-state index contributed by atoms with van der Waals surface area (Å²) in [5, 5.41) is 12.9. The molecule has 1 fully saturated rings. The number of carboxylic acid groups (broad SMARTS) is 1. The maximum Gasteiger partial charge on any atom is 0.407 e. The minimum Gasteiger partial charge on any atom is -0.465 e. The van der Waals surface area contributed by atoms with Crippen LogP contribution in [0.4, 0.5) is 15.3 Å². The summed E-state index contributed by atoms with van der Waals surface area (Å²) in [6.07, 6.45) is 7.55. The molecule has 0 unspecified atom stereocenters. The molecule has 2 aliphatic carbocycles. The molecule has 1 aromatic carbocycles. The number of nitrogens with zero attached hydrogens (tertiary/aromatic N) is 1. The second-order valence-corrected chi connectivity index (χ2v) is 10.1. The summed E-state index contributed by atoms with van der Waals surface area (Å²) >= 11 is 0. The van der Waals surface area contributed by atoms with Crippen molar-refractivity contribution in [2.45, 2.75) is 63.8 Å². The standard InChI is InChI=1S/C21H27N3O5S/c1-21(9-4-11-24(21)20(26)27)10-12-30(28,29)23-19(25)22-18-13-14-5-2-6-15(14)16-7-3-8-17(16)18/h10,12-13H,2-9,11H2,1H3,(H,26,27)(H2,22,23,25)/b12-10+/t21-/m1/s1. The smallest absolute Gasteiger partial charge is 0.407 e. The van der Waals surface area contributed by atoms with Crippen LogP contribution in [0.15, 0.2) is 17.6 Å². The van der Waals surface area contributed by atoms with Crippen molar-refractivity contribution in [2.75, 3.05) is 11.9 Å². The van der Waals surface area contributed by atoms with Gasteiger partial charge in [0.15, 0.2) is 0 Å². The zero-order chi connectivity index (χ0) is 21.5. The normalized spacial score (nSPS) is 22.9. The Balaban J connectivity index is 1.47. The number of sulfonamides is 1. The lowest BCUT2D eigenvalue weighted by Crippen LogP contribution is -2.43. The average Bonchev–Trinajstić information content (AvgIpc) is 3.38. The molecular formula is C21H27N3O5S. The summed E-state index contributed by atoms with van der Waals surface area (Å²) in [7, 11) is -4.06. The van der Waals surface area contributed by atoms with Gasteiger partial charge in [0, 0.05) is 17.6 Å². The van der Waals surface area contributed by atoms with Crippen LogP contribution in [0.3, 0.4) is 0 Å². The van der Waals surface area contributed by atoms with Crippen LogP contribution >= 0.6 is 0 Å². The molecule has 9 heteroatoms. The highest BCUT2D eigenvalue weighted by atomic mass is 32.2. The molecule has 0 saturated carbocycles. The van der Waals surface area contributed by atoms with Crippen molar-refractivity contribution in [1.82, 2.24) is 9.62 Å². The molecule has 3 amide bonds. The Morgan fingerprint density at radius 1 is 1.10 bits per heavy atom. The number of amides is 3. The molecule has 1 atom stereocenters. The van der Waals surface area contributed by atoms with Crippen LogP contribution in [0, 0.1) is 0 Å². The van der Waals surface area contributed by atoms with Crippen molar-refractivity contribution < 1.29 is 23.1 Å². The fraction of sp³-hybridized carbons (Fsp3) is 0.524. The Labute approximate surface area is 176 Å². The Morgan fingerprint density at radius 2 is 1.80 bits per heavy atom. The predicted octanol–water partition coefficient (Wildman–Crippen LogP) is 3.16. The molecule has 0 radical (unpaired) electrons. The van der Waals surface area contributed by atoms with Crippen molar-refractivity contribution in [1.29, 1.82) is 0 Å². The maximum atomic E-state index is 12.4. The van der Waals surface area contributed by atoms with Gasteiger partial charge in [-0.3, -0.25) is 4.90 Å². The number of carbonyl (C=O) groups is 2. The van der Waals surface area contributed by atoms with Crippen LogP contribution in [-0.4, -0.2) is 42.6 Å². The average molecular weight is 434 g/mol. The van der Waals surface area contributed by atoms with Gasteiger partial charge in [-0.2, -0.15) is 0 Å². The van der Waals surface area contributed by atoms with Crippen LogP contribution in [0.1, 0.15) is 54.9 Å². The van der Waals surface area contributed by atoms with Gasteiger partial charge in [-0.1, -0.05) is 0 Å². The van der Waals surface area contributed by atoms with Gasteiger partial charge in [0.25, 0.3) is 10.0 Å². The van der Waals surface area contributed by atoms with E-state index in [1.807, 2.05) is 10.8 Å². The van der Waals surface area contributed by atoms with Gasteiger partial charge < -0.3 is 10.4 Å². The molecular weight excluding hydrogens is 406 g/mol. The van der Waals surface area contributed by atoms with Crippen LogP contribution in [0.5, 0.6) is 0 Å². The third-order valence-electron chi connectivity index (χ3n) is 6.49. The van der Waals surface area contributed by atoms with Crippen molar-refractivity contribution in [3.63, 3.8) is 0 Å². The first-order valence-electron chi connectivity index (χ1n) is 10.4. The fourth-order valence-corrected chi connectivity index (χ4v) is 5.89. The maximum absolute atomic E-state index is 12.4. The molecule has 4 rings (SSSR count). The molecule has 1 aromatic rings. The van der Waals surface area contributed by atoms with E-state index in [-0.39, 0.29) is 0 Å². The van der Waals surface area contributed by atoms with E-state index < -0.39 is 27.7 Å². The number of likely N-dealkylation sites (tertiary alicyclic amines) is 1. The number of hydrogen-bond acceptors (Lipinski definition) is 4. The number of carbonyl (C=O) groups excluding carboxylic acids is 1. The zero-order valence-corrected chi connectivity index (χ0v) is 17.8. The highest BCUT2D eigenvalue weighted by Gasteiger charge is 2.38. The van der Waals surface area contributed by atoms with E-state index >= 15 is 0 Å². The van der Waals surface area contributed by atoms with Gasteiger partial charge in [-0.15, -0.1) is 0 Å². The molecule has 0 aromatic heterocycles. The van der Waals surface area contributed by atoms with E-state index in [0.29, 0.717) is 25.1 Å². The number of hydrogen-bond donors (Lipinski definition) is 3. The Hall–Kier alpha value is -2.55. The number of anilines is 1. The monoisotopic (exact) mass is 433 g/mol. The molecule has 162 valence electrons. The number of nitrogens with one attached hydrogen (secondary N) is 2. The van der Waals surface area contributed by atoms with Gasteiger partial charge in [0.1, 0.15) is 0 Å². The molecule has 1 aliphatic heterocycles. The minimum absolute atomic E-state index is 0.355. The number of benzene rings is 1. The Morgan fingerprint density at radius 3 is 2.57 bits per heavy atom. The first-order chi connectivity index (χ1) is 14.2. The van der Waals surface area contributed by atoms with Crippen LogP contribution in [0.2, 0.25) is 0 Å². The highest BCUT2D eigenvalue weighted by molar-refractivity contribution is 7.92. The number of rotatable bonds is 4. The summed E-state index contributed by atoms with van der Waals surface area (Å²) < 4.78 is 26.8. The summed E-state index contributed by atoms with van der Waals surface area (Å²) in [6.45, 7) is 2.03. The van der Waals surface area contributed by atoms with Crippen molar-refractivity contribution in [3.05, 3.63) is 39.8 Å². The molecule has 3 aliphatic rings. The largest absolute Gasteiger partial charge is 0.465 e. The van der Waals surface area contributed by atoms with Gasteiger partial charge in [0.05, 0.1) is 5.54 Å². The summed E-state index contributed by atoms with van der Waals surface area (Å²) in [6, 6.07) is 1.18. The Bertz CT molecular complexity index is 1030. The molecule has 8 nitrogen and oxygen atoms in total. The van der Waals surface area contributed by atoms with Gasteiger partial charge in [-0.05, 0) is 92.7 Å². The van der Waals surface area contributed by atoms with Gasteiger partial charge in [0.2, 0.25) is 0 Å².